The summed E-state index contributed by atoms with van der Waals surface area (Å²) in [6, 6.07) is 18.9. The second-order valence-corrected chi connectivity index (χ2v) is 3.93. The van der Waals surface area contributed by atoms with E-state index < -0.39 is 0 Å². The van der Waals surface area contributed by atoms with Gasteiger partial charge in [0.2, 0.25) is 0 Å². The summed E-state index contributed by atoms with van der Waals surface area (Å²) in [5.41, 5.74) is 1.60. The van der Waals surface area contributed by atoms with Crippen molar-refractivity contribution in [3.8, 4) is 11.4 Å². The van der Waals surface area contributed by atoms with Crippen LogP contribution in [0.2, 0.25) is 0 Å². The average molecular weight is 266 g/mol. The fourth-order valence-electron chi connectivity index (χ4n) is 1.81. The second-order valence-electron chi connectivity index (χ2n) is 3.93. The van der Waals surface area contributed by atoms with Crippen molar-refractivity contribution in [1.29, 1.82) is 0 Å². The minimum Gasteiger partial charge on any atom is -0.775 e. The van der Waals surface area contributed by atoms with Crippen LogP contribution in [0, 0.1) is 5.21 Å². The van der Waals surface area contributed by atoms with Gasteiger partial charge in [-0.2, -0.15) is 0 Å². The lowest BCUT2D eigenvalue weighted by Crippen LogP contribution is -2.43. The topological polar surface area (TPSA) is 82.4 Å². The summed E-state index contributed by atoms with van der Waals surface area (Å²) in [5, 5.41) is 24.4. The number of rotatable bonds is 3. The van der Waals surface area contributed by atoms with Crippen molar-refractivity contribution in [2.45, 2.75) is 0 Å². The van der Waals surface area contributed by atoms with E-state index in [1.54, 1.807) is 9.59 Å². The first-order valence-corrected chi connectivity index (χ1v) is 5.92. The van der Waals surface area contributed by atoms with Crippen LogP contribution in [0.25, 0.3) is 11.4 Å². The highest BCUT2D eigenvalue weighted by molar-refractivity contribution is 5.29. The Morgan fingerprint density at radius 1 is 0.950 bits per heavy atom. The van der Waals surface area contributed by atoms with Crippen LogP contribution in [0.15, 0.2) is 71.1 Å². The Morgan fingerprint density at radius 2 is 1.60 bits per heavy atom. The molecule has 0 aliphatic rings. The average Bonchev–Trinajstić information content (AvgIpc) is 2.93. The highest BCUT2D eigenvalue weighted by atomic mass is 16.5. The van der Waals surface area contributed by atoms with Crippen molar-refractivity contribution in [3.63, 3.8) is 0 Å². The van der Waals surface area contributed by atoms with Gasteiger partial charge in [0.15, 0.2) is 5.69 Å². The predicted octanol–water partition coefficient (Wildman–Crippen LogP) is 2.13. The molecule has 0 unspecified atom stereocenters. The Balaban J connectivity index is 2.18. The van der Waals surface area contributed by atoms with Gasteiger partial charge in [-0.15, -0.1) is 0 Å². The molecule has 0 atom stereocenters. The molecular formula is C13H10N6O. The molecule has 0 spiro atoms. The number of aromatic nitrogens is 4. The maximum atomic E-state index is 10.3. The van der Waals surface area contributed by atoms with E-state index in [0.717, 1.165) is 11.4 Å². The van der Waals surface area contributed by atoms with Crippen molar-refractivity contribution < 1.29 is 4.80 Å². The lowest BCUT2D eigenvalue weighted by atomic mass is 10.3. The van der Waals surface area contributed by atoms with E-state index in [2.05, 4.69) is 20.6 Å². The Bertz CT molecular complexity index is 666. The Kier molecular flexibility index (Phi) is 3.15. The first-order valence-electron chi connectivity index (χ1n) is 5.92. The molecule has 0 saturated carbocycles. The van der Waals surface area contributed by atoms with Crippen molar-refractivity contribution in [2.75, 3.05) is 0 Å². The van der Waals surface area contributed by atoms with Crippen LogP contribution in [0.4, 0.5) is 5.95 Å². The van der Waals surface area contributed by atoms with E-state index in [4.69, 9.17) is 0 Å². The normalized spacial score (nSPS) is 11.0. The quantitative estimate of drug-likeness (QED) is 0.413. The molecule has 1 heterocycles. The number of benzene rings is 2. The summed E-state index contributed by atoms with van der Waals surface area (Å²) >= 11 is 0. The fraction of sp³-hybridized carbons (Fsp3) is 0. The fourth-order valence-corrected chi connectivity index (χ4v) is 1.81. The zero-order valence-corrected chi connectivity index (χ0v) is 10.4. The molecule has 0 saturated heterocycles. The van der Waals surface area contributed by atoms with Crippen LogP contribution in [0.3, 0.4) is 0 Å². The zero-order chi connectivity index (χ0) is 13.8. The zero-order valence-electron chi connectivity index (χ0n) is 10.4. The summed E-state index contributed by atoms with van der Waals surface area (Å²) in [4.78, 5) is 3.11. The molecule has 2 aromatic carbocycles. The molecule has 7 heteroatoms. The number of para-hydroxylation sites is 2. The summed E-state index contributed by atoms with van der Waals surface area (Å²) in [6.07, 6.45) is 0. The maximum absolute atomic E-state index is 10.3. The third-order valence-corrected chi connectivity index (χ3v) is 2.65. The van der Waals surface area contributed by atoms with Crippen LogP contribution in [0.1, 0.15) is 0 Å². The van der Waals surface area contributed by atoms with Crippen LogP contribution >= 0.6 is 0 Å². The molecule has 0 aliphatic heterocycles. The van der Waals surface area contributed by atoms with E-state index >= 15 is 0 Å². The first kappa shape index (κ1) is 12.0. The van der Waals surface area contributed by atoms with E-state index in [1.165, 1.54) is 0 Å². The summed E-state index contributed by atoms with van der Waals surface area (Å²) in [6.45, 7) is 0. The molecule has 20 heavy (non-hydrogen) atoms. The van der Waals surface area contributed by atoms with Gasteiger partial charge in [-0.05, 0) is 29.1 Å². The van der Waals surface area contributed by atoms with Crippen LogP contribution in [-0.4, -0.2) is 15.0 Å². The maximum Gasteiger partial charge on any atom is 0.446 e. The highest BCUT2D eigenvalue weighted by Gasteiger charge is 2.21. The molecular weight excluding hydrogens is 256 g/mol. The molecule has 3 aromatic rings. The molecule has 0 bridgehead atoms. The number of hydrogen-bond acceptors (Lipinski definition) is 5. The minimum atomic E-state index is 0.00714. The number of tetrazole rings is 1. The van der Waals surface area contributed by atoms with Gasteiger partial charge < -0.3 is 5.21 Å². The molecule has 7 nitrogen and oxygen atoms in total. The number of nitrogens with zero attached hydrogens (tertiary/aromatic N) is 6. The van der Waals surface area contributed by atoms with Crippen molar-refractivity contribution in [3.05, 3.63) is 65.9 Å². The van der Waals surface area contributed by atoms with Gasteiger partial charge in [-0.3, -0.25) is 0 Å². The highest BCUT2D eigenvalue weighted by Crippen LogP contribution is 2.08. The molecule has 0 fully saturated rings. The van der Waals surface area contributed by atoms with E-state index in [9.17, 15) is 5.21 Å². The predicted molar refractivity (Wildman–Crippen MR) is 70.8 cm³/mol. The first-order chi connectivity index (χ1) is 9.88. The standard InChI is InChI=1S/C13H10N6O/c20-17-14-13-15-18(11-7-3-1-4-8-11)19(16-13)12-9-5-2-6-10-12/h1-10H. The third-order valence-electron chi connectivity index (χ3n) is 2.65. The summed E-state index contributed by atoms with van der Waals surface area (Å²) < 4.78 is 0. The lowest BCUT2D eigenvalue weighted by Gasteiger charge is -1.98. The molecule has 3 rings (SSSR count). The summed E-state index contributed by atoms with van der Waals surface area (Å²) in [5.74, 6) is 0.00714. The van der Waals surface area contributed by atoms with Gasteiger partial charge in [0.1, 0.15) is 10.8 Å². The lowest BCUT2D eigenvalue weighted by molar-refractivity contribution is -0.734. The van der Waals surface area contributed by atoms with Gasteiger partial charge in [-0.1, -0.05) is 41.5 Å². The molecule has 98 valence electrons. The molecule has 0 radical (unpaired) electrons. The minimum absolute atomic E-state index is 0.00714. The van der Waals surface area contributed by atoms with Crippen LogP contribution in [-0.2, 0) is 0 Å². The van der Waals surface area contributed by atoms with Crippen molar-refractivity contribution in [2.24, 2.45) is 10.4 Å². The Hall–Kier alpha value is -3.09. The van der Waals surface area contributed by atoms with E-state index in [1.807, 2.05) is 60.7 Å². The SMILES string of the molecule is [O-]/N=N/c1nn(-c2ccccc2)[n+](-c2ccccc2)n1. The van der Waals surface area contributed by atoms with Gasteiger partial charge in [-0.25, -0.2) is 5.28 Å². The number of hydrogen-bond donors (Lipinski definition) is 0. The summed E-state index contributed by atoms with van der Waals surface area (Å²) in [7, 11) is 0. The molecule has 0 amide bonds. The second kappa shape index (κ2) is 5.27. The van der Waals surface area contributed by atoms with Gasteiger partial charge >= 0.3 is 5.95 Å². The van der Waals surface area contributed by atoms with Gasteiger partial charge in [0.25, 0.3) is 0 Å². The van der Waals surface area contributed by atoms with Crippen LogP contribution in [0.5, 0.6) is 0 Å². The van der Waals surface area contributed by atoms with Gasteiger partial charge in [0.05, 0.1) is 0 Å². The third kappa shape index (κ3) is 2.24. The largest absolute Gasteiger partial charge is 0.775 e. The van der Waals surface area contributed by atoms with E-state index in [0.29, 0.717) is 0 Å². The molecule has 0 N–H and O–H groups in total. The monoisotopic (exact) mass is 266 g/mol. The van der Waals surface area contributed by atoms with E-state index in [-0.39, 0.29) is 5.95 Å². The van der Waals surface area contributed by atoms with Gasteiger partial charge in [0, 0.05) is 9.90 Å². The van der Waals surface area contributed by atoms with Crippen molar-refractivity contribution >= 4 is 5.95 Å². The molecule has 1 aromatic heterocycles. The smallest absolute Gasteiger partial charge is 0.446 e. The van der Waals surface area contributed by atoms with Crippen LogP contribution < -0.4 is 4.80 Å². The Morgan fingerprint density at radius 3 is 2.25 bits per heavy atom. The van der Waals surface area contributed by atoms with Crippen molar-refractivity contribution in [1.82, 2.24) is 15.0 Å². The Labute approximate surface area is 114 Å². The molecule has 0 aliphatic carbocycles.